The number of allylic oxidation sites excluding steroid dienone is 24. The molecule has 0 fully saturated rings. The normalized spacial score (nSPS) is 13.8. The zero-order valence-corrected chi connectivity index (χ0v) is 58.0. The molecule has 0 bridgehead atoms. The maximum absolute atomic E-state index is 12.7. The summed E-state index contributed by atoms with van der Waals surface area (Å²) in [7, 11) is -4.41. The first kappa shape index (κ1) is 84.9. The molecule has 2 unspecified atom stereocenters. The number of rotatable bonds is 67. The molecule has 2 atom stereocenters. The summed E-state index contributed by atoms with van der Waals surface area (Å²) in [5.41, 5.74) is 5.40. The van der Waals surface area contributed by atoms with Crippen molar-refractivity contribution in [2.24, 2.45) is 5.73 Å². The van der Waals surface area contributed by atoms with Crippen LogP contribution in [0.15, 0.2) is 146 Å². The molecule has 0 aliphatic rings. The summed E-state index contributed by atoms with van der Waals surface area (Å²) < 4.78 is 33.1. The fraction of sp³-hybridized carbons (Fsp3) is 0.671. The number of nitrogens with two attached hydrogens (primary N) is 1. The second-order valence-electron chi connectivity index (χ2n) is 23.7. The Labute approximate surface area is 547 Å². The first-order valence-corrected chi connectivity index (χ1v) is 37.8. The number of esters is 2. The Balaban J connectivity index is 3.87. The second-order valence-corrected chi connectivity index (χ2v) is 25.1. The summed E-state index contributed by atoms with van der Waals surface area (Å²) in [6.07, 6.45) is 105. The number of phosphoric acid groups is 1. The van der Waals surface area contributed by atoms with Gasteiger partial charge in [0.1, 0.15) is 6.61 Å². The van der Waals surface area contributed by atoms with Crippen LogP contribution in [0.3, 0.4) is 0 Å². The number of ether oxygens (including phenoxy) is 2. The van der Waals surface area contributed by atoms with Gasteiger partial charge in [-0.2, -0.15) is 0 Å². The smallest absolute Gasteiger partial charge is 0.462 e. The second kappa shape index (κ2) is 72.9. The molecule has 10 heteroatoms. The van der Waals surface area contributed by atoms with Crippen molar-refractivity contribution in [3.8, 4) is 0 Å². The van der Waals surface area contributed by atoms with Gasteiger partial charge in [0.05, 0.1) is 13.2 Å². The number of phosphoric ester groups is 1. The van der Waals surface area contributed by atoms with Gasteiger partial charge in [0.25, 0.3) is 0 Å². The predicted molar refractivity (Wildman–Crippen MR) is 385 cm³/mol. The fourth-order valence-electron chi connectivity index (χ4n) is 9.94. The van der Waals surface area contributed by atoms with Crippen LogP contribution in [0.5, 0.6) is 0 Å². The van der Waals surface area contributed by atoms with E-state index in [1.54, 1.807) is 0 Å². The first-order chi connectivity index (χ1) is 43.8. The molecule has 0 amide bonds. The fourth-order valence-corrected chi connectivity index (χ4v) is 10.7. The molecule has 508 valence electrons. The molecule has 0 aliphatic heterocycles. The standard InChI is InChI=1S/C79H134NO8P/c1-3-5-7-9-11-13-15-17-19-21-23-25-27-29-31-32-33-34-35-36-37-38-39-40-41-42-43-44-46-47-49-51-53-55-57-59-61-63-65-67-69-71-78(81)85-75-77(76-87-89(83,84)86-74-73-80)88-79(82)72-70-68-66-64-62-60-58-56-54-52-50-48-45-30-28-26-24-22-20-18-16-14-12-10-8-6-4-2/h5-8,11-14,17-20,23-26,30,45,50,52,56,58,62,64,77H,3-4,9-10,15-16,21-22,27-29,31-44,46-49,51,53-55,57,59-61,63,65-76,80H2,1-2H3,(H,83,84)/b7-5-,8-6-,13-11-,14-12-,19-17-,20-18-,25-23-,26-24-,45-30-,52-50-,58-56-,64-62-. The molecule has 9 nitrogen and oxygen atoms in total. The number of carbonyl (C=O) groups excluding carboxylic acids is 2. The lowest BCUT2D eigenvalue weighted by molar-refractivity contribution is -0.161. The van der Waals surface area contributed by atoms with E-state index in [0.29, 0.717) is 6.42 Å². The zero-order valence-electron chi connectivity index (χ0n) is 57.1. The van der Waals surface area contributed by atoms with Crippen LogP contribution in [-0.2, 0) is 32.7 Å². The Morgan fingerprint density at radius 3 is 0.888 bits per heavy atom. The highest BCUT2D eigenvalue weighted by Gasteiger charge is 2.26. The quantitative estimate of drug-likeness (QED) is 0.0264. The maximum atomic E-state index is 12.7. The van der Waals surface area contributed by atoms with Gasteiger partial charge in [-0.25, -0.2) is 4.57 Å². The summed E-state index contributed by atoms with van der Waals surface area (Å²) >= 11 is 0. The van der Waals surface area contributed by atoms with Crippen LogP contribution in [0.1, 0.15) is 309 Å². The average molecular weight is 1260 g/mol. The van der Waals surface area contributed by atoms with Crippen molar-refractivity contribution >= 4 is 19.8 Å². The van der Waals surface area contributed by atoms with E-state index in [4.69, 9.17) is 24.3 Å². The minimum Gasteiger partial charge on any atom is -0.462 e. The van der Waals surface area contributed by atoms with Gasteiger partial charge in [-0.05, 0) is 116 Å². The third-order valence-electron chi connectivity index (χ3n) is 15.2. The van der Waals surface area contributed by atoms with E-state index >= 15 is 0 Å². The van der Waals surface area contributed by atoms with Crippen molar-refractivity contribution in [1.82, 2.24) is 0 Å². The van der Waals surface area contributed by atoms with Crippen molar-refractivity contribution in [2.45, 2.75) is 315 Å². The predicted octanol–water partition coefficient (Wildman–Crippen LogP) is 24.2. The van der Waals surface area contributed by atoms with Gasteiger partial charge < -0.3 is 20.1 Å². The molecule has 0 aromatic carbocycles. The molecule has 0 aromatic heterocycles. The summed E-state index contributed by atoms with van der Waals surface area (Å²) in [6.45, 7) is 3.48. The molecule has 0 saturated heterocycles. The van der Waals surface area contributed by atoms with E-state index in [0.717, 1.165) is 109 Å². The van der Waals surface area contributed by atoms with Gasteiger partial charge in [0.2, 0.25) is 0 Å². The van der Waals surface area contributed by atoms with Crippen molar-refractivity contribution in [1.29, 1.82) is 0 Å². The highest BCUT2D eigenvalue weighted by Crippen LogP contribution is 2.43. The van der Waals surface area contributed by atoms with E-state index < -0.39 is 32.5 Å². The third kappa shape index (κ3) is 72.8. The van der Waals surface area contributed by atoms with Crippen LogP contribution < -0.4 is 5.73 Å². The molecule has 0 saturated carbocycles. The minimum atomic E-state index is -4.41. The Kier molecular flexibility index (Phi) is 69.6. The van der Waals surface area contributed by atoms with Gasteiger partial charge >= 0.3 is 19.8 Å². The number of carbonyl (C=O) groups is 2. The summed E-state index contributed by atoms with van der Waals surface area (Å²) in [5.74, 6) is -0.877. The van der Waals surface area contributed by atoms with Crippen LogP contribution in [0, 0.1) is 0 Å². The van der Waals surface area contributed by atoms with Crippen LogP contribution in [0.25, 0.3) is 0 Å². The van der Waals surface area contributed by atoms with Crippen molar-refractivity contribution in [3.05, 3.63) is 146 Å². The Bertz CT molecular complexity index is 1970. The maximum Gasteiger partial charge on any atom is 0.472 e. The van der Waals surface area contributed by atoms with Crippen LogP contribution >= 0.6 is 7.82 Å². The molecular weight excluding hydrogens is 1120 g/mol. The lowest BCUT2D eigenvalue weighted by Crippen LogP contribution is -2.29. The Morgan fingerprint density at radius 2 is 0.584 bits per heavy atom. The van der Waals surface area contributed by atoms with Crippen LogP contribution in [0.4, 0.5) is 0 Å². The van der Waals surface area contributed by atoms with E-state index in [1.165, 1.54) is 167 Å². The molecule has 0 spiro atoms. The first-order valence-electron chi connectivity index (χ1n) is 36.3. The van der Waals surface area contributed by atoms with Gasteiger partial charge in [-0.1, -0.05) is 327 Å². The zero-order chi connectivity index (χ0) is 64.4. The monoisotopic (exact) mass is 1260 g/mol. The molecule has 0 rings (SSSR count). The van der Waals surface area contributed by atoms with E-state index in [-0.39, 0.29) is 32.6 Å². The average Bonchev–Trinajstić information content (AvgIpc) is 3.64. The Hall–Kier alpha value is -4.11. The summed E-state index contributed by atoms with van der Waals surface area (Å²) in [5, 5.41) is 0. The van der Waals surface area contributed by atoms with E-state index in [9.17, 15) is 19.0 Å². The van der Waals surface area contributed by atoms with Gasteiger partial charge in [-0.3, -0.25) is 18.6 Å². The van der Waals surface area contributed by atoms with Gasteiger partial charge in [-0.15, -0.1) is 0 Å². The lowest BCUT2D eigenvalue weighted by atomic mass is 10.0. The van der Waals surface area contributed by atoms with E-state index in [2.05, 4.69) is 160 Å². The van der Waals surface area contributed by atoms with Crippen molar-refractivity contribution in [3.63, 3.8) is 0 Å². The molecular formula is C79H134NO8P. The van der Waals surface area contributed by atoms with Crippen molar-refractivity contribution in [2.75, 3.05) is 26.4 Å². The van der Waals surface area contributed by atoms with Gasteiger partial charge in [0, 0.05) is 19.4 Å². The minimum absolute atomic E-state index is 0.0405. The molecule has 0 aliphatic carbocycles. The summed E-state index contributed by atoms with van der Waals surface area (Å²) in [4.78, 5) is 35.3. The largest absolute Gasteiger partial charge is 0.472 e. The molecule has 3 N–H and O–H groups in total. The molecule has 0 aromatic rings. The number of hydrogen-bond donors (Lipinski definition) is 2. The van der Waals surface area contributed by atoms with Crippen molar-refractivity contribution < 1.29 is 37.6 Å². The van der Waals surface area contributed by atoms with Gasteiger partial charge in [0.15, 0.2) is 6.10 Å². The van der Waals surface area contributed by atoms with E-state index in [1.807, 2.05) is 0 Å². The SMILES string of the molecule is CC/C=C\C/C=C\C/C=C\C/C=C\C/C=C\C/C=C\C/C=C\C/C=C\CCCCC(=O)OC(COC(=O)CCCCCCCCCCCCCCCCCCCCCCCCCCCCCC/C=C\C/C=C\C/C=C\C/C=C\CC)COP(=O)(O)OCCN. The molecule has 89 heavy (non-hydrogen) atoms. The van der Waals surface area contributed by atoms with Crippen LogP contribution in [-0.4, -0.2) is 49.3 Å². The number of unbranched alkanes of at least 4 members (excludes halogenated alkanes) is 30. The summed E-state index contributed by atoms with van der Waals surface area (Å²) in [6, 6.07) is 0. The highest BCUT2D eigenvalue weighted by atomic mass is 31.2. The lowest BCUT2D eigenvalue weighted by Gasteiger charge is -2.19. The third-order valence-corrected chi connectivity index (χ3v) is 16.2. The molecule has 0 radical (unpaired) electrons. The Morgan fingerprint density at radius 1 is 0.337 bits per heavy atom. The highest BCUT2D eigenvalue weighted by molar-refractivity contribution is 7.47. The number of hydrogen-bond acceptors (Lipinski definition) is 8. The van der Waals surface area contributed by atoms with Crippen LogP contribution in [0.2, 0.25) is 0 Å². The molecule has 0 heterocycles. The topological polar surface area (TPSA) is 134 Å².